The lowest BCUT2D eigenvalue weighted by Gasteiger charge is -2.11. The summed E-state index contributed by atoms with van der Waals surface area (Å²) in [5.41, 5.74) is 6.37. The molecule has 15 heavy (non-hydrogen) atoms. The van der Waals surface area contributed by atoms with E-state index in [0.29, 0.717) is 5.76 Å². The normalized spacial score (nSPS) is 16.9. The maximum atomic E-state index is 10.4. The number of hydrogen-bond acceptors (Lipinski definition) is 4. The maximum absolute atomic E-state index is 10.4. The molecule has 0 heterocycles. The second-order valence-electron chi connectivity index (χ2n) is 3.35. The quantitative estimate of drug-likeness (QED) is 0.541. The monoisotopic (exact) mass is 233 g/mol. The van der Waals surface area contributed by atoms with Crippen LogP contribution < -0.4 is 5.73 Å². The lowest BCUT2D eigenvalue weighted by Crippen LogP contribution is -2.08. The van der Waals surface area contributed by atoms with Gasteiger partial charge in [0.05, 0.1) is 12.4 Å². The molecule has 1 aliphatic carbocycles. The Balaban J connectivity index is 2.24. The summed E-state index contributed by atoms with van der Waals surface area (Å²) < 4.78 is 34.5. The molecule has 1 aliphatic rings. The summed E-state index contributed by atoms with van der Waals surface area (Å²) >= 11 is 0. The van der Waals surface area contributed by atoms with E-state index in [1.165, 1.54) is 0 Å². The fourth-order valence-corrected chi connectivity index (χ4v) is 1.71. The van der Waals surface area contributed by atoms with Gasteiger partial charge in [0.2, 0.25) is 0 Å². The van der Waals surface area contributed by atoms with E-state index in [1.54, 1.807) is 6.08 Å². The summed E-state index contributed by atoms with van der Waals surface area (Å²) in [6.07, 6.45) is 5.58. The molecule has 0 aromatic heterocycles. The molecule has 0 saturated heterocycles. The van der Waals surface area contributed by atoms with E-state index in [0.717, 1.165) is 18.5 Å². The van der Waals surface area contributed by atoms with Gasteiger partial charge in [0.15, 0.2) is 0 Å². The van der Waals surface area contributed by atoms with Crippen LogP contribution in [0, 0.1) is 0 Å². The van der Waals surface area contributed by atoms with Crippen LogP contribution in [0.15, 0.2) is 23.6 Å². The fraction of sp³-hybridized carbons (Fsp3) is 0.556. The highest BCUT2D eigenvalue weighted by Crippen LogP contribution is 2.14. The summed E-state index contributed by atoms with van der Waals surface area (Å²) in [5.74, 6) is 0.397. The van der Waals surface area contributed by atoms with E-state index in [9.17, 15) is 8.42 Å². The van der Waals surface area contributed by atoms with Crippen molar-refractivity contribution in [2.24, 2.45) is 5.73 Å². The molecule has 0 aromatic carbocycles. The molecule has 0 fully saturated rings. The predicted octanol–water partition coefficient (Wildman–Crippen LogP) is 0.801. The standard InChI is InChI=1S/C9H15NO4S/c10-8-3-1-4-9(7-8)14-5-2-6-15(11,12)13/h4,7H,1-3,5-6,10H2,(H,11,12,13). The molecule has 1 rings (SSSR count). The molecule has 0 atom stereocenters. The van der Waals surface area contributed by atoms with Gasteiger partial charge >= 0.3 is 0 Å². The minimum absolute atomic E-state index is 0.259. The fourth-order valence-electron chi connectivity index (χ4n) is 1.23. The third kappa shape index (κ3) is 5.44. The van der Waals surface area contributed by atoms with E-state index < -0.39 is 10.1 Å². The molecule has 5 nitrogen and oxygen atoms in total. The van der Waals surface area contributed by atoms with Crippen molar-refractivity contribution in [2.75, 3.05) is 12.4 Å². The van der Waals surface area contributed by atoms with E-state index in [4.69, 9.17) is 15.0 Å². The number of allylic oxidation sites excluding steroid dienone is 3. The zero-order valence-corrected chi connectivity index (χ0v) is 9.16. The van der Waals surface area contributed by atoms with E-state index in [2.05, 4.69) is 0 Å². The lowest BCUT2D eigenvalue weighted by atomic mass is 10.1. The minimum Gasteiger partial charge on any atom is -0.494 e. The number of ether oxygens (including phenoxy) is 1. The summed E-state index contributed by atoms with van der Waals surface area (Å²) in [7, 11) is -3.88. The Bertz CT molecular complexity index is 370. The molecule has 86 valence electrons. The van der Waals surface area contributed by atoms with E-state index in [1.807, 2.05) is 6.08 Å². The van der Waals surface area contributed by atoms with Crippen molar-refractivity contribution in [3.63, 3.8) is 0 Å². The van der Waals surface area contributed by atoms with Crippen molar-refractivity contribution in [3.05, 3.63) is 23.6 Å². The molecular weight excluding hydrogens is 218 g/mol. The first-order valence-electron chi connectivity index (χ1n) is 4.71. The topological polar surface area (TPSA) is 89.6 Å². The molecule has 0 bridgehead atoms. The van der Waals surface area contributed by atoms with Gasteiger partial charge in [-0.05, 0) is 31.4 Å². The number of nitrogens with two attached hydrogens (primary N) is 1. The summed E-state index contributed by atoms with van der Waals surface area (Å²) in [5, 5.41) is 0. The van der Waals surface area contributed by atoms with Gasteiger partial charge in [-0.15, -0.1) is 0 Å². The van der Waals surface area contributed by atoms with Crippen LogP contribution in [-0.4, -0.2) is 25.3 Å². The Labute approximate surface area is 89.4 Å². The van der Waals surface area contributed by atoms with Crippen molar-refractivity contribution in [3.8, 4) is 0 Å². The summed E-state index contributed by atoms with van der Waals surface area (Å²) in [6.45, 7) is 0.259. The van der Waals surface area contributed by atoms with E-state index >= 15 is 0 Å². The minimum atomic E-state index is -3.88. The molecule has 0 amide bonds. The number of hydrogen-bond donors (Lipinski definition) is 2. The van der Waals surface area contributed by atoms with Crippen molar-refractivity contribution >= 4 is 10.1 Å². The van der Waals surface area contributed by atoms with Crippen molar-refractivity contribution < 1.29 is 17.7 Å². The molecule has 6 heteroatoms. The smallest absolute Gasteiger partial charge is 0.264 e. The van der Waals surface area contributed by atoms with Crippen molar-refractivity contribution in [2.45, 2.75) is 19.3 Å². The first kappa shape index (κ1) is 12.1. The summed E-state index contributed by atoms with van der Waals surface area (Å²) in [4.78, 5) is 0. The van der Waals surface area contributed by atoms with Crippen LogP contribution in [0.5, 0.6) is 0 Å². The largest absolute Gasteiger partial charge is 0.494 e. The molecular formula is C9H15NO4S. The van der Waals surface area contributed by atoms with Gasteiger partial charge < -0.3 is 10.5 Å². The average molecular weight is 233 g/mol. The molecule has 0 saturated carbocycles. The predicted molar refractivity (Wildman–Crippen MR) is 56.6 cm³/mol. The SMILES string of the molecule is NC1=CC(OCCCS(=O)(=O)O)=CCC1. The Morgan fingerprint density at radius 3 is 2.87 bits per heavy atom. The first-order chi connectivity index (χ1) is 6.97. The molecule has 0 unspecified atom stereocenters. The van der Waals surface area contributed by atoms with Crippen LogP contribution in [0.3, 0.4) is 0 Å². The van der Waals surface area contributed by atoms with Crippen LogP contribution in [0.1, 0.15) is 19.3 Å². The van der Waals surface area contributed by atoms with Gasteiger partial charge in [-0.3, -0.25) is 4.55 Å². The third-order valence-electron chi connectivity index (χ3n) is 1.92. The first-order valence-corrected chi connectivity index (χ1v) is 6.32. The molecule has 0 radical (unpaired) electrons. The molecule has 3 N–H and O–H groups in total. The zero-order chi connectivity index (χ0) is 11.3. The number of rotatable bonds is 5. The highest BCUT2D eigenvalue weighted by atomic mass is 32.2. The van der Waals surface area contributed by atoms with E-state index in [-0.39, 0.29) is 18.8 Å². The van der Waals surface area contributed by atoms with Crippen LogP contribution in [0.2, 0.25) is 0 Å². The Morgan fingerprint density at radius 1 is 1.53 bits per heavy atom. The van der Waals surface area contributed by atoms with Crippen LogP contribution in [-0.2, 0) is 14.9 Å². The Hall–Kier alpha value is -1.01. The molecule has 0 spiro atoms. The highest BCUT2D eigenvalue weighted by Gasteiger charge is 2.06. The third-order valence-corrected chi connectivity index (χ3v) is 2.73. The van der Waals surface area contributed by atoms with Gasteiger partial charge in [-0.2, -0.15) is 8.42 Å². The lowest BCUT2D eigenvalue weighted by molar-refractivity contribution is 0.222. The van der Waals surface area contributed by atoms with Crippen molar-refractivity contribution in [1.29, 1.82) is 0 Å². The van der Waals surface area contributed by atoms with Gasteiger partial charge in [0.1, 0.15) is 5.76 Å². The van der Waals surface area contributed by atoms with Crippen molar-refractivity contribution in [1.82, 2.24) is 0 Å². The van der Waals surface area contributed by atoms with Gasteiger partial charge in [-0.25, -0.2) is 0 Å². The average Bonchev–Trinajstić information content (AvgIpc) is 2.11. The highest BCUT2D eigenvalue weighted by molar-refractivity contribution is 7.85. The van der Waals surface area contributed by atoms with Crippen LogP contribution in [0.25, 0.3) is 0 Å². The van der Waals surface area contributed by atoms with Crippen LogP contribution >= 0.6 is 0 Å². The zero-order valence-electron chi connectivity index (χ0n) is 8.35. The Morgan fingerprint density at radius 2 is 2.27 bits per heavy atom. The van der Waals surface area contributed by atoms with Gasteiger partial charge in [0, 0.05) is 5.70 Å². The summed E-state index contributed by atoms with van der Waals surface area (Å²) in [6, 6.07) is 0. The maximum Gasteiger partial charge on any atom is 0.264 e. The van der Waals surface area contributed by atoms with Gasteiger partial charge in [0.25, 0.3) is 10.1 Å². The van der Waals surface area contributed by atoms with Crippen LogP contribution in [0.4, 0.5) is 0 Å². The molecule has 0 aliphatic heterocycles. The Kier molecular flexibility index (Phi) is 4.16. The second kappa shape index (κ2) is 5.18. The second-order valence-corrected chi connectivity index (χ2v) is 4.92. The molecule has 0 aromatic rings. The van der Waals surface area contributed by atoms with Gasteiger partial charge in [-0.1, -0.05) is 0 Å².